The standard InChI is InChI=1S/C10H16O3S/c1-4-12-10(13-5-2)9-6-8(11-3)7-14-9/h6-7,10H,4-5H2,1-3H3. The van der Waals surface area contributed by atoms with Crippen molar-refractivity contribution in [3.05, 3.63) is 16.3 Å². The summed E-state index contributed by atoms with van der Waals surface area (Å²) in [7, 11) is 1.65. The van der Waals surface area contributed by atoms with Crippen LogP contribution in [0.15, 0.2) is 11.4 Å². The van der Waals surface area contributed by atoms with Crippen LogP contribution >= 0.6 is 11.3 Å². The smallest absolute Gasteiger partial charge is 0.193 e. The van der Waals surface area contributed by atoms with Crippen molar-refractivity contribution >= 4 is 11.3 Å². The van der Waals surface area contributed by atoms with Gasteiger partial charge in [-0.2, -0.15) is 0 Å². The van der Waals surface area contributed by atoms with Crippen LogP contribution < -0.4 is 4.74 Å². The fraction of sp³-hybridized carbons (Fsp3) is 0.600. The third-order valence-corrected chi connectivity index (χ3v) is 2.63. The molecule has 4 heteroatoms. The summed E-state index contributed by atoms with van der Waals surface area (Å²) >= 11 is 1.59. The van der Waals surface area contributed by atoms with Gasteiger partial charge in [0.1, 0.15) is 5.75 Å². The van der Waals surface area contributed by atoms with Crippen LogP contribution in [-0.4, -0.2) is 20.3 Å². The molecule has 0 aliphatic heterocycles. The minimum Gasteiger partial charge on any atom is -0.496 e. The first-order chi connectivity index (χ1) is 6.81. The van der Waals surface area contributed by atoms with Crippen molar-refractivity contribution < 1.29 is 14.2 Å². The highest BCUT2D eigenvalue weighted by atomic mass is 32.1. The Morgan fingerprint density at radius 2 is 1.93 bits per heavy atom. The molecule has 0 aliphatic rings. The van der Waals surface area contributed by atoms with E-state index in [0.717, 1.165) is 10.6 Å². The number of methoxy groups -OCH3 is 1. The maximum Gasteiger partial charge on any atom is 0.193 e. The highest BCUT2D eigenvalue weighted by Crippen LogP contribution is 2.29. The number of rotatable bonds is 6. The molecule has 0 unspecified atom stereocenters. The monoisotopic (exact) mass is 216 g/mol. The van der Waals surface area contributed by atoms with Crippen molar-refractivity contribution in [2.24, 2.45) is 0 Å². The van der Waals surface area contributed by atoms with Gasteiger partial charge in [0, 0.05) is 18.6 Å². The van der Waals surface area contributed by atoms with Gasteiger partial charge in [0.25, 0.3) is 0 Å². The van der Waals surface area contributed by atoms with Gasteiger partial charge in [0.05, 0.1) is 12.0 Å². The first-order valence-corrected chi connectivity index (χ1v) is 5.55. The summed E-state index contributed by atoms with van der Waals surface area (Å²) in [6.07, 6.45) is -0.251. The zero-order valence-electron chi connectivity index (χ0n) is 8.78. The Morgan fingerprint density at radius 1 is 1.29 bits per heavy atom. The molecule has 14 heavy (non-hydrogen) atoms. The third kappa shape index (κ3) is 2.97. The van der Waals surface area contributed by atoms with E-state index in [4.69, 9.17) is 14.2 Å². The average molecular weight is 216 g/mol. The van der Waals surface area contributed by atoms with E-state index >= 15 is 0 Å². The van der Waals surface area contributed by atoms with Crippen LogP contribution in [-0.2, 0) is 9.47 Å². The minimum atomic E-state index is -0.251. The van der Waals surface area contributed by atoms with E-state index in [2.05, 4.69) is 0 Å². The van der Waals surface area contributed by atoms with Gasteiger partial charge in [-0.15, -0.1) is 11.3 Å². The maximum atomic E-state index is 5.46. The Hall–Kier alpha value is -0.580. The van der Waals surface area contributed by atoms with Crippen LogP contribution in [0.3, 0.4) is 0 Å². The van der Waals surface area contributed by atoms with E-state index in [-0.39, 0.29) is 6.29 Å². The van der Waals surface area contributed by atoms with Gasteiger partial charge in [0.2, 0.25) is 0 Å². The molecule has 0 saturated heterocycles. The number of hydrogen-bond acceptors (Lipinski definition) is 4. The molecule has 1 aromatic heterocycles. The lowest BCUT2D eigenvalue weighted by atomic mass is 10.4. The highest BCUT2D eigenvalue weighted by molar-refractivity contribution is 7.10. The quantitative estimate of drug-likeness (QED) is 0.684. The molecule has 1 heterocycles. The van der Waals surface area contributed by atoms with Crippen molar-refractivity contribution in [1.29, 1.82) is 0 Å². The second-order valence-electron chi connectivity index (χ2n) is 2.63. The van der Waals surface area contributed by atoms with Gasteiger partial charge in [0.15, 0.2) is 6.29 Å². The van der Waals surface area contributed by atoms with Gasteiger partial charge in [-0.25, -0.2) is 0 Å². The number of hydrogen-bond donors (Lipinski definition) is 0. The van der Waals surface area contributed by atoms with E-state index < -0.39 is 0 Å². The fourth-order valence-electron chi connectivity index (χ4n) is 1.08. The van der Waals surface area contributed by atoms with E-state index in [9.17, 15) is 0 Å². The van der Waals surface area contributed by atoms with Gasteiger partial charge in [-0.3, -0.25) is 0 Å². The van der Waals surface area contributed by atoms with Gasteiger partial charge < -0.3 is 14.2 Å². The van der Waals surface area contributed by atoms with E-state index in [1.54, 1.807) is 18.4 Å². The lowest BCUT2D eigenvalue weighted by Crippen LogP contribution is -2.06. The first kappa shape index (κ1) is 11.5. The SMILES string of the molecule is CCOC(OCC)c1cc(OC)cs1. The van der Waals surface area contributed by atoms with Crippen molar-refractivity contribution in [2.75, 3.05) is 20.3 Å². The Balaban J connectivity index is 2.65. The minimum absolute atomic E-state index is 0.251. The van der Waals surface area contributed by atoms with Gasteiger partial charge in [-0.05, 0) is 19.9 Å². The largest absolute Gasteiger partial charge is 0.496 e. The molecule has 0 N–H and O–H groups in total. The fourth-order valence-corrected chi connectivity index (χ4v) is 1.93. The van der Waals surface area contributed by atoms with E-state index in [1.807, 2.05) is 25.3 Å². The summed E-state index contributed by atoms with van der Waals surface area (Å²) in [5.41, 5.74) is 0. The molecule has 0 fully saturated rings. The van der Waals surface area contributed by atoms with Crippen molar-refractivity contribution in [3.8, 4) is 5.75 Å². The van der Waals surface area contributed by atoms with Gasteiger partial charge in [-0.1, -0.05) is 0 Å². The van der Waals surface area contributed by atoms with E-state index in [1.165, 1.54) is 0 Å². The molecule has 0 amide bonds. The molecule has 1 aromatic rings. The Labute approximate surface area is 88.6 Å². The molecule has 0 aromatic carbocycles. The molecule has 0 radical (unpaired) electrons. The Bertz CT molecular complexity index is 254. The summed E-state index contributed by atoms with van der Waals surface area (Å²) in [6, 6.07) is 1.95. The first-order valence-electron chi connectivity index (χ1n) is 4.67. The van der Waals surface area contributed by atoms with Crippen LogP contribution in [0.25, 0.3) is 0 Å². The summed E-state index contributed by atoms with van der Waals surface area (Å²) in [4.78, 5) is 1.05. The topological polar surface area (TPSA) is 27.7 Å². The summed E-state index contributed by atoms with van der Waals surface area (Å²) < 4.78 is 16.0. The van der Waals surface area contributed by atoms with Crippen LogP contribution in [0.4, 0.5) is 0 Å². The predicted octanol–water partition coefficient (Wildman–Crippen LogP) is 2.83. The molecule has 80 valence electrons. The van der Waals surface area contributed by atoms with Crippen LogP contribution in [0, 0.1) is 0 Å². The zero-order valence-corrected chi connectivity index (χ0v) is 9.60. The lowest BCUT2D eigenvalue weighted by Gasteiger charge is -2.14. The normalized spacial score (nSPS) is 10.9. The predicted molar refractivity (Wildman–Crippen MR) is 56.9 cm³/mol. The van der Waals surface area contributed by atoms with Crippen LogP contribution in [0.1, 0.15) is 25.0 Å². The summed E-state index contributed by atoms with van der Waals surface area (Å²) in [5.74, 6) is 0.856. The molecule has 0 atom stereocenters. The zero-order chi connectivity index (χ0) is 10.4. The average Bonchev–Trinajstić information content (AvgIpc) is 2.65. The second-order valence-corrected chi connectivity index (χ2v) is 3.57. The highest BCUT2D eigenvalue weighted by Gasteiger charge is 2.13. The van der Waals surface area contributed by atoms with Crippen molar-refractivity contribution in [3.63, 3.8) is 0 Å². The molecular formula is C10H16O3S. The van der Waals surface area contributed by atoms with Crippen LogP contribution in [0.2, 0.25) is 0 Å². The van der Waals surface area contributed by atoms with Crippen molar-refractivity contribution in [1.82, 2.24) is 0 Å². The third-order valence-electron chi connectivity index (χ3n) is 1.70. The van der Waals surface area contributed by atoms with Gasteiger partial charge >= 0.3 is 0 Å². The van der Waals surface area contributed by atoms with Crippen LogP contribution in [0.5, 0.6) is 5.75 Å². The molecule has 0 spiro atoms. The Kier molecular flexibility index (Phi) is 4.93. The summed E-state index contributed by atoms with van der Waals surface area (Å²) in [6.45, 7) is 5.20. The van der Waals surface area contributed by atoms with Crippen molar-refractivity contribution in [2.45, 2.75) is 20.1 Å². The lowest BCUT2D eigenvalue weighted by molar-refractivity contribution is -0.138. The second kappa shape index (κ2) is 6.01. The Morgan fingerprint density at radius 3 is 2.36 bits per heavy atom. The molecule has 0 aliphatic carbocycles. The molecular weight excluding hydrogens is 200 g/mol. The summed E-state index contributed by atoms with van der Waals surface area (Å²) in [5, 5.41) is 1.94. The molecule has 3 nitrogen and oxygen atoms in total. The molecule has 1 rings (SSSR count). The molecule has 0 saturated carbocycles. The number of thiophene rings is 1. The van der Waals surface area contributed by atoms with E-state index in [0.29, 0.717) is 13.2 Å². The number of ether oxygens (including phenoxy) is 3. The molecule has 0 bridgehead atoms. The maximum absolute atomic E-state index is 5.46.